The highest BCUT2D eigenvalue weighted by Gasteiger charge is 2.12. The van der Waals surface area contributed by atoms with E-state index in [2.05, 4.69) is 15.4 Å². The van der Waals surface area contributed by atoms with Crippen LogP contribution in [0, 0.1) is 11.6 Å². The Morgan fingerprint density at radius 1 is 1.22 bits per heavy atom. The molecule has 116 valence electrons. The van der Waals surface area contributed by atoms with Gasteiger partial charge in [-0.05, 0) is 30.3 Å². The van der Waals surface area contributed by atoms with Crippen molar-refractivity contribution in [2.24, 2.45) is 0 Å². The Balaban J connectivity index is 1.80. The van der Waals surface area contributed by atoms with Crippen LogP contribution in [0.2, 0.25) is 0 Å². The second-order valence-corrected chi connectivity index (χ2v) is 4.80. The second-order valence-electron chi connectivity index (χ2n) is 4.80. The molecule has 0 aliphatic rings. The molecule has 1 N–H and O–H groups in total. The van der Waals surface area contributed by atoms with Crippen molar-refractivity contribution in [2.45, 2.75) is 6.42 Å². The number of rotatable bonds is 4. The summed E-state index contributed by atoms with van der Waals surface area (Å²) in [6.45, 7) is 0. The fourth-order valence-electron chi connectivity index (χ4n) is 2.14. The first kappa shape index (κ1) is 14.8. The summed E-state index contributed by atoms with van der Waals surface area (Å²) in [5.41, 5.74) is 1.04. The number of hydrogen-bond acceptors (Lipinski definition) is 3. The van der Waals surface area contributed by atoms with Gasteiger partial charge in [-0.1, -0.05) is 0 Å². The van der Waals surface area contributed by atoms with E-state index in [-0.39, 0.29) is 12.0 Å². The average molecular weight is 314 g/mol. The highest BCUT2D eigenvalue weighted by atomic mass is 19.1. The number of halogens is 2. The van der Waals surface area contributed by atoms with Crippen molar-refractivity contribution in [2.75, 3.05) is 5.32 Å². The lowest BCUT2D eigenvalue weighted by Gasteiger charge is -2.10. The molecule has 3 rings (SSSR count). The number of hydrogen-bond donors (Lipinski definition) is 1. The molecule has 2 aromatic heterocycles. The molecule has 0 saturated carbocycles. The summed E-state index contributed by atoms with van der Waals surface area (Å²) in [5, 5.41) is 6.73. The van der Waals surface area contributed by atoms with Crippen molar-refractivity contribution in [1.82, 2.24) is 14.8 Å². The fourth-order valence-corrected chi connectivity index (χ4v) is 2.14. The number of pyridine rings is 1. The number of carbonyl (C=O) groups excluding carboxylic acids is 1. The first-order valence-electron chi connectivity index (χ1n) is 6.81. The van der Waals surface area contributed by atoms with E-state index in [1.165, 1.54) is 6.20 Å². The molecule has 1 amide bonds. The highest BCUT2D eigenvalue weighted by Crippen LogP contribution is 2.18. The van der Waals surface area contributed by atoms with Crippen molar-refractivity contribution in [1.29, 1.82) is 0 Å². The van der Waals surface area contributed by atoms with Crippen molar-refractivity contribution in [3.05, 3.63) is 72.3 Å². The van der Waals surface area contributed by atoms with Crippen molar-refractivity contribution >= 4 is 11.6 Å². The first-order valence-corrected chi connectivity index (χ1v) is 6.81. The van der Waals surface area contributed by atoms with Crippen LogP contribution in [0.5, 0.6) is 0 Å². The van der Waals surface area contributed by atoms with Crippen LogP contribution in [0.4, 0.5) is 14.5 Å². The summed E-state index contributed by atoms with van der Waals surface area (Å²) in [7, 11) is 0. The molecule has 0 radical (unpaired) electrons. The van der Waals surface area contributed by atoms with Crippen molar-refractivity contribution in [3.8, 4) is 5.69 Å². The second kappa shape index (κ2) is 6.35. The number of carbonyl (C=O) groups is 1. The van der Waals surface area contributed by atoms with Crippen LogP contribution in [-0.4, -0.2) is 20.7 Å². The van der Waals surface area contributed by atoms with Gasteiger partial charge in [-0.25, -0.2) is 13.5 Å². The van der Waals surface area contributed by atoms with Crippen LogP contribution in [-0.2, 0) is 11.2 Å². The predicted molar refractivity (Wildman–Crippen MR) is 80.1 cm³/mol. The van der Waals surface area contributed by atoms with E-state index < -0.39 is 17.5 Å². The molecule has 2 heterocycles. The third-order valence-corrected chi connectivity index (χ3v) is 3.18. The first-order chi connectivity index (χ1) is 11.1. The summed E-state index contributed by atoms with van der Waals surface area (Å²) < 4.78 is 28.3. The van der Waals surface area contributed by atoms with Crippen LogP contribution < -0.4 is 5.32 Å². The minimum Gasteiger partial charge on any atom is -0.323 e. The highest BCUT2D eigenvalue weighted by molar-refractivity contribution is 5.94. The predicted octanol–water partition coefficient (Wildman–Crippen LogP) is 2.73. The standard InChI is InChI=1S/C16H12F2N4O/c17-12-2-3-13(18)11(8-12)9-16(23)21-14-10-19-6-4-15(14)22-7-1-5-20-22/h1-8,10H,9H2,(H,21,23). The van der Waals surface area contributed by atoms with Crippen LogP contribution in [0.3, 0.4) is 0 Å². The molecule has 0 bridgehead atoms. The minimum atomic E-state index is -0.625. The molecule has 0 unspecified atom stereocenters. The SMILES string of the molecule is O=C(Cc1cc(F)ccc1F)Nc1cnccc1-n1cccn1. The van der Waals surface area contributed by atoms with Crippen molar-refractivity contribution < 1.29 is 13.6 Å². The summed E-state index contributed by atoms with van der Waals surface area (Å²) in [6.07, 6.45) is 6.08. The third kappa shape index (κ3) is 3.39. The van der Waals surface area contributed by atoms with Gasteiger partial charge in [-0.15, -0.1) is 0 Å². The molecule has 0 spiro atoms. The Labute approximate surface area is 130 Å². The lowest BCUT2D eigenvalue weighted by Crippen LogP contribution is -2.17. The van der Waals surface area contributed by atoms with Gasteiger partial charge in [0.25, 0.3) is 0 Å². The maximum Gasteiger partial charge on any atom is 0.229 e. The fraction of sp³-hybridized carbons (Fsp3) is 0.0625. The summed E-state index contributed by atoms with van der Waals surface area (Å²) >= 11 is 0. The number of aromatic nitrogens is 3. The zero-order valence-electron chi connectivity index (χ0n) is 11.9. The van der Waals surface area contributed by atoms with E-state index >= 15 is 0 Å². The Morgan fingerprint density at radius 3 is 2.87 bits per heavy atom. The summed E-state index contributed by atoms with van der Waals surface area (Å²) in [4.78, 5) is 16.1. The Hall–Kier alpha value is -3.09. The van der Waals surface area contributed by atoms with Gasteiger partial charge in [0.2, 0.25) is 5.91 Å². The van der Waals surface area contributed by atoms with Gasteiger partial charge in [-0.3, -0.25) is 9.78 Å². The van der Waals surface area contributed by atoms with Crippen LogP contribution >= 0.6 is 0 Å². The molecule has 3 aromatic rings. The molecule has 1 aromatic carbocycles. The van der Waals surface area contributed by atoms with E-state index in [0.29, 0.717) is 11.4 Å². The third-order valence-electron chi connectivity index (χ3n) is 3.18. The lowest BCUT2D eigenvalue weighted by atomic mass is 10.1. The van der Waals surface area contributed by atoms with Gasteiger partial charge in [-0.2, -0.15) is 5.10 Å². The zero-order valence-corrected chi connectivity index (χ0v) is 11.9. The van der Waals surface area contributed by atoms with Gasteiger partial charge in [0.15, 0.2) is 0 Å². The molecule has 0 fully saturated rings. The zero-order chi connectivity index (χ0) is 16.2. The molecule has 23 heavy (non-hydrogen) atoms. The van der Waals surface area contributed by atoms with E-state index in [9.17, 15) is 13.6 Å². The maximum absolute atomic E-state index is 13.6. The summed E-state index contributed by atoms with van der Waals surface area (Å²) in [6, 6.07) is 6.44. The van der Waals surface area contributed by atoms with E-state index in [0.717, 1.165) is 18.2 Å². The molecular formula is C16H12F2N4O. The Kier molecular flexibility index (Phi) is 4.09. The summed E-state index contributed by atoms with van der Waals surface area (Å²) in [5.74, 6) is -1.69. The van der Waals surface area contributed by atoms with Gasteiger partial charge in [0.1, 0.15) is 11.6 Å². The Bertz CT molecular complexity index is 834. The molecule has 0 saturated heterocycles. The maximum atomic E-state index is 13.6. The minimum absolute atomic E-state index is 0.00738. The van der Waals surface area contributed by atoms with Crippen LogP contribution in [0.1, 0.15) is 5.56 Å². The number of anilines is 1. The van der Waals surface area contributed by atoms with Gasteiger partial charge >= 0.3 is 0 Å². The normalized spacial score (nSPS) is 10.5. The largest absolute Gasteiger partial charge is 0.323 e. The van der Waals surface area contributed by atoms with Crippen LogP contribution in [0.15, 0.2) is 55.1 Å². The molecule has 5 nitrogen and oxygen atoms in total. The molecule has 7 heteroatoms. The average Bonchev–Trinajstić information content (AvgIpc) is 3.05. The van der Waals surface area contributed by atoms with Crippen molar-refractivity contribution in [3.63, 3.8) is 0 Å². The number of nitrogens with zero attached hydrogens (tertiary/aromatic N) is 3. The van der Waals surface area contributed by atoms with Crippen LogP contribution in [0.25, 0.3) is 5.69 Å². The molecule has 0 aliphatic carbocycles. The number of nitrogens with one attached hydrogen (secondary N) is 1. The van der Waals surface area contributed by atoms with E-state index in [1.807, 2.05) is 0 Å². The Morgan fingerprint density at radius 2 is 2.09 bits per heavy atom. The smallest absolute Gasteiger partial charge is 0.229 e. The lowest BCUT2D eigenvalue weighted by molar-refractivity contribution is -0.115. The number of benzene rings is 1. The molecular weight excluding hydrogens is 302 g/mol. The van der Waals surface area contributed by atoms with Gasteiger partial charge in [0, 0.05) is 24.2 Å². The number of amides is 1. The molecule has 0 atom stereocenters. The van der Waals surface area contributed by atoms with Gasteiger partial charge in [0.05, 0.1) is 24.0 Å². The van der Waals surface area contributed by atoms with E-state index in [4.69, 9.17) is 0 Å². The topological polar surface area (TPSA) is 59.8 Å². The van der Waals surface area contributed by atoms with Gasteiger partial charge < -0.3 is 5.32 Å². The quantitative estimate of drug-likeness (QED) is 0.805. The molecule has 0 aliphatic heterocycles. The van der Waals surface area contributed by atoms with E-state index in [1.54, 1.807) is 35.4 Å². The monoisotopic (exact) mass is 314 g/mol.